The molecule has 0 spiro atoms. The molecule has 0 radical (unpaired) electrons. The standard InChI is InChI=1S/C34H40N4O7S2/c1-22(46(41)42)21-38-19-16-26-20-29(25-8-12-28(13-9-25)47(5,43)44)36-31(30(26)32(38)39)35-27-10-6-23(7-11-27)24-14-17-37(18-15-24)33(40)45-34(2,3)4/h6-13,16,19-20,22,24H,14-15,17-18,21H2,1-5H3,(H,35,36)(H,41,42)/p-1. The maximum absolute atomic E-state index is 13.7. The Morgan fingerprint density at radius 1 is 1.09 bits per heavy atom. The fourth-order valence-electron chi connectivity index (χ4n) is 5.59. The van der Waals surface area contributed by atoms with E-state index < -0.39 is 31.8 Å². The molecule has 11 nitrogen and oxygen atoms in total. The second-order valence-corrected chi connectivity index (χ2v) is 16.3. The predicted octanol–water partition coefficient (Wildman–Crippen LogP) is 5.59. The van der Waals surface area contributed by atoms with Crippen LogP contribution in [0.2, 0.25) is 0 Å². The first-order chi connectivity index (χ1) is 22.1. The number of nitrogens with one attached hydrogen (secondary N) is 1. The third kappa shape index (κ3) is 8.27. The summed E-state index contributed by atoms with van der Waals surface area (Å²) in [4.78, 5) is 32.9. The molecule has 2 aromatic heterocycles. The van der Waals surface area contributed by atoms with Crippen LogP contribution in [0.5, 0.6) is 0 Å². The van der Waals surface area contributed by atoms with E-state index in [1.54, 1.807) is 35.4 Å². The number of piperidine rings is 1. The summed E-state index contributed by atoms with van der Waals surface area (Å²) >= 11 is -2.35. The summed E-state index contributed by atoms with van der Waals surface area (Å²) in [5, 5.41) is 3.42. The van der Waals surface area contributed by atoms with E-state index in [2.05, 4.69) is 5.32 Å². The van der Waals surface area contributed by atoms with Gasteiger partial charge in [0.25, 0.3) is 5.56 Å². The average Bonchev–Trinajstić information content (AvgIpc) is 3.01. The molecule has 0 bridgehead atoms. The van der Waals surface area contributed by atoms with Gasteiger partial charge in [-0.3, -0.25) is 9.00 Å². The monoisotopic (exact) mass is 679 g/mol. The van der Waals surface area contributed by atoms with Crippen LogP contribution in [0.25, 0.3) is 22.0 Å². The number of rotatable bonds is 8. The maximum atomic E-state index is 13.7. The van der Waals surface area contributed by atoms with Crippen molar-refractivity contribution < 1.29 is 26.7 Å². The van der Waals surface area contributed by atoms with Gasteiger partial charge < -0.3 is 24.1 Å². The van der Waals surface area contributed by atoms with E-state index in [1.807, 2.05) is 45.0 Å². The summed E-state index contributed by atoms with van der Waals surface area (Å²) in [6, 6.07) is 17.8. The van der Waals surface area contributed by atoms with Crippen molar-refractivity contribution in [1.82, 2.24) is 14.5 Å². The fourth-order valence-corrected chi connectivity index (χ4v) is 6.51. The molecule has 250 valence electrons. The Morgan fingerprint density at radius 3 is 2.30 bits per heavy atom. The Labute approximate surface area is 277 Å². The Hall–Kier alpha value is -4.07. The number of ether oxygens (including phenoxy) is 1. The van der Waals surface area contributed by atoms with E-state index in [1.165, 1.54) is 23.6 Å². The van der Waals surface area contributed by atoms with Crippen LogP contribution in [-0.4, -0.2) is 67.9 Å². The highest BCUT2D eigenvalue weighted by Gasteiger charge is 2.27. The molecule has 0 saturated carbocycles. The Balaban J connectivity index is 1.44. The van der Waals surface area contributed by atoms with Gasteiger partial charge in [-0.15, -0.1) is 0 Å². The zero-order valence-corrected chi connectivity index (χ0v) is 28.7. The van der Waals surface area contributed by atoms with E-state index >= 15 is 0 Å². The van der Waals surface area contributed by atoms with Gasteiger partial charge in [0.05, 0.1) is 16.0 Å². The number of hydrogen-bond acceptors (Lipinski definition) is 9. The number of nitrogens with zero attached hydrogens (tertiary/aromatic N) is 3. The summed E-state index contributed by atoms with van der Waals surface area (Å²) in [6.07, 6.45) is 4.04. The summed E-state index contributed by atoms with van der Waals surface area (Å²) in [5.74, 6) is 0.569. The lowest BCUT2D eigenvalue weighted by atomic mass is 9.89. The first-order valence-corrected chi connectivity index (χ1v) is 18.4. The lowest BCUT2D eigenvalue weighted by molar-refractivity contribution is 0.0205. The van der Waals surface area contributed by atoms with Crippen molar-refractivity contribution in [3.05, 3.63) is 82.8 Å². The van der Waals surface area contributed by atoms with Crippen molar-refractivity contribution in [2.45, 2.75) is 68.7 Å². The SMILES string of the molecule is CC(Cn1ccc2cc(-c3ccc(S(C)(=O)=O)cc3)nc(Nc3ccc(C4CCN(C(=O)OC(C)(C)C)CC4)cc3)c2c1=O)S(=O)[O-]. The molecule has 5 rings (SSSR count). The molecule has 1 aliphatic rings. The van der Waals surface area contributed by atoms with E-state index in [-0.39, 0.29) is 29.0 Å². The number of sulfone groups is 1. The van der Waals surface area contributed by atoms with E-state index in [4.69, 9.17) is 9.72 Å². The number of carbonyl (C=O) groups is 1. The summed E-state index contributed by atoms with van der Waals surface area (Å²) < 4.78 is 53.9. The smallest absolute Gasteiger partial charge is 0.410 e. The van der Waals surface area contributed by atoms with Crippen molar-refractivity contribution in [3.8, 4) is 11.3 Å². The van der Waals surface area contributed by atoms with Gasteiger partial charge in [0, 0.05) is 48.6 Å². The van der Waals surface area contributed by atoms with Gasteiger partial charge in [-0.1, -0.05) is 42.3 Å². The van der Waals surface area contributed by atoms with Crippen molar-refractivity contribution >= 4 is 49.3 Å². The molecule has 0 aliphatic carbocycles. The third-order valence-corrected chi connectivity index (χ3v) is 10.0. The van der Waals surface area contributed by atoms with Gasteiger partial charge >= 0.3 is 6.09 Å². The number of likely N-dealkylation sites (tertiary alicyclic amines) is 1. The number of hydrogen-bond donors (Lipinski definition) is 1. The van der Waals surface area contributed by atoms with Crippen LogP contribution in [0.15, 0.2) is 76.6 Å². The van der Waals surface area contributed by atoms with Crippen molar-refractivity contribution in [2.75, 3.05) is 24.7 Å². The van der Waals surface area contributed by atoms with Gasteiger partial charge in [-0.2, -0.15) is 0 Å². The van der Waals surface area contributed by atoms with Crippen molar-refractivity contribution in [2.24, 2.45) is 0 Å². The van der Waals surface area contributed by atoms with Crippen LogP contribution in [0.1, 0.15) is 52.0 Å². The maximum Gasteiger partial charge on any atom is 0.410 e. The van der Waals surface area contributed by atoms with Crippen molar-refractivity contribution in [3.63, 3.8) is 0 Å². The van der Waals surface area contributed by atoms with Gasteiger partial charge in [0.2, 0.25) is 0 Å². The highest BCUT2D eigenvalue weighted by molar-refractivity contribution is 7.90. The minimum absolute atomic E-state index is 0.0134. The largest absolute Gasteiger partial charge is 0.772 e. The highest BCUT2D eigenvalue weighted by Crippen LogP contribution is 2.32. The minimum atomic E-state index is -3.38. The molecule has 1 aliphatic heterocycles. The van der Waals surface area contributed by atoms with Crippen LogP contribution < -0.4 is 10.9 Å². The van der Waals surface area contributed by atoms with Crippen LogP contribution in [-0.2, 0) is 32.2 Å². The topological polar surface area (TPSA) is 151 Å². The van der Waals surface area contributed by atoms with Crippen LogP contribution in [0, 0.1) is 0 Å². The predicted molar refractivity (Wildman–Crippen MR) is 182 cm³/mol. The fraction of sp³-hybridized carbons (Fsp3) is 0.382. The normalized spacial score (nSPS) is 15.7. The zero-order chi connectivity index (χ0) is 34.1. The van der Waals surface area contributed by atoms with E-state index in [0.29, 0.717) is 46.6 Å². The van der Waals surface area contributed by atoms with Gasteiger partial charge in [-0.05, 0) is 86.9 Å². The zero-order valence-electron chi connectivity index (χ0n) is 27.1. The van der Waals surface area contributed by atoms with Gasteiger partial charge in [-0.25, -0.2) is 18.2 Å². The highest BCUT2D eigenvalue weighted by atomic mass is 32.2. The lowest BCUT2D eigenvalue weighted by Gasteiger charge is -2.33. The quantitative estimate of drug-likeness (QED) is 0.235. The molecular formula is C34H39N4O7S2-. The summed E-state index contributed by atoms with van der Waals surface area (Å²) in [7, 11) is -3.38. The molecular weight excluding hydrogens is 641 g/mol. The molecule has 13 heteroatoms. The molecule has 3 heterocycles. The number of amides is 1. The first-order valence-electron chi connectivity index (χ1n) is 15.4. The Bertz CT molecular complexity index is 1960. The summed E-state index contributed by atoms with van der Waals surface area (Å²) in [5.41, 5.74) is 2.10. The third-order valence-electron chi connectivity index (χ3n) is 8.11. The van der Waals surface area contributed by atoms with Gasteiger partial charge in [0.15, 0.2) is 9.84 Å². The number of aromatic nitrogens is 2. The molecule has 47 heavy (non-hydrogen) atoms. The Kier molecular flexibility index (Phi) is 9.90. The molecule has 1 fully saturated rings. The molecule has 2 unspecified atom stereocenters. The molecule has 2 atom stereocenters. The lowest BCUT2D eigenvalue weighted by Crippen LogP contribution is -2.41. The molecule has 1 N–H and O–H groups in total. The minimum Gasteiger partial charge on any atom is -0.772 e. The van der Waals surface area contributed by atoms with E-state index in [9.17, 15) is 26.8 Å². The number of anilines is 2. The number of benzene rings is 2. The summed E-state index contributed by atoms with van der Waals surface area (Å²) in [6.45, 7) is 8.30. The van der Waals surface area contributed by atoms with Crippen molar-refractivity contribution in [1.29, 1.82) is 0 Å². The van der Waals surface area contributed by atoms with Crippen LogP contribution in [0.4, 0.5) is 16.3 Å². The molecule has 2 aromatic carbocycles. The average molecular weight is 680 g/mol. The molecule has 4 aromatic rings. The number of pyridine rings is 2. The van der Waals surface area contributed by atoms with Crippen LogP contribution in [0.3, 0.4) is 0 Å². The van der Waals surface area contributed by atoms with Crippen LogP contribution >= 0.6 is 0 Å². The first kappa shape index (κ1) is 34.3. The van der Waals surface area contributed by atoms with E-state index in [0.717, 1.165) is 24.7 Å². The Morgan fingerprint density at radius 2 is 1.72 bits per heavy atom. The second kappa shape index (κ2) is 13.6. The van der Waals surface area contributed by atoms with Gasteiger partial charge in [0.1, 0.15) is 11.4 Å². The molecule has 1 amide bonds. The number of fused-ring (bicyclic) bond motifs is 1. The second-order valence-electron chi connectivity index (χ2n) is 12.9. The molecule has 1 saturated heterocycles. The number of carbonyl (C=O) groups excluding carboxylic acids is 1.